The van der Waals surface area contributed by atoms with E-state index in [1.807, 2.05) is 9.80 Å². The molecule has 138 valence electrons. The van der Waals surface area contributed by atoms with Gasteiger partial charge in [-0.05, 0) is 36.6 Å². The zero-order chi connectivity index (χ0) is 18.0. The first-order chi connectivity index (χ1) is 11.9. The van der Waals surface area contributed by atoms with Crippen LogP contribution in [0.1, 0.15) is 24.0 Å². The minimum absolute atomic E-state index is 0.228. The fourth-order valence-corrected chi connectivity index (χ4v) is 3.74. The predicted molar refractivity (Wildman–Crippen MR) is 91.0 cm³/mol. The number of piperazine rings is 1. The van der Waals surface area contributed by atoms with E-state index in [1.54, 1.807) is 6.07 Å². The summed E-state index contributed by atoms with van der Waals surface area (Å²) in [6.45, 7) is 3.73. The summed E-state index contributed by atoms with van der Waals surface area (Å²) in [5, 5.41) is -0.506. The maximum absolute atomic E-state index is 13.5. The number of hydrogen-bond donors (Lipinski definition) is 0. The summed E-state index contributed by atoms with van der Waals surface area (Å²) in [6, 6.07) is 4.44. The Balaban J connectivity index is 1.84. The Kier molecular flexibility index (Phi) is 5.43. The van der Waals surface area contributed by atoms with Crippen LogP contribution in [0, 0.1) is 0 Å². The third-order valence-electron chi connectivity index (χ3n) is 4.91. The van der Waals surface area contributed by atoms with E-state index < -0.39 is 17.1 Å². The molecule has 25 heavy (non-hydrogen) atoms. The number of hydrogen-bond acceptors (Lipinski definition) is 3. The van der Waals surface area contributed by atoms with Crippen LogP contribution in [0.3, 0.4) is 0 Å². The molecule has 0 spiro atoms. The van der Waals surface area contributed by atoms with E-state index in [-0.39, 0.29) is 6.54 Å². The van der Waals surface area contributed by atoms with Crippen molar-refractivity contribution in [3.05, 3.63) is 29.3 Å². The number of alkyl halides is 3. The largest absolute Gasteiger partial charge is 0.416 e. The van der Waals surface area contributed by atoms with Crippen LogP contribution in [0.15, 0.2) is 18.2 Å². The summed E-state index contributed by atoms with van der Waals surface area (Å²) in [4.78, 5) is 16.7. The molecule has 2 fully saturated rings. The van der Waals surface area contributed by atoms with Crippen molar-refractivity contribution in [2.45, 2.75) is 25.6 Å². The van der Waals surface area contributed by atoms with Gasteiger partial charge in [0.05, 0.1) is 5.56 Å². The van der Waals surface area contributed by atoms with E-state index in [1.165, 1.54) is 11.0 Å². The van der Waals surface area contributed by atoms with Gasteiger partial charge in [0, 0.05) is 57.1 Å². The number of carbonyl (C=O) groups excluding carboxylic acids is 1. The molecule has 0 bridgehead atoms. The summed E-state index contributed by atoms with van der Waals surface area (Å²) in [5.74, 6) is 0. The molecule has 8 heteroatoms. The van der Waals surface area contributed by atoms with Gasteiger partial charge in [-0.2, -0.15) is 13.2 Å². The van der Waals surface area contributed by atoms with Gasteiger partial charge in [-0.1, -0.05) is 6.07 Å². The average Bonchev–Trinajstić information content (AvgIpc) is 3.09. The van der Waals surface area contributed by atoms with Crippen LogP contribution in [0.5, 0.6) is 0 Å². The summed E-state index contributed by atoms with van der Waals surface area (Å²) in [7, 11) is 0. The number of carbonyl (C=O) groups is 1. The molecule has 0 aromatic heterocycles. The maximum Gasteiger partial charge on any atom is 0.416 e. The lowest BCUT2D eigenvalue weighted by Crippen LogP contribution is -2.47. The van der Waals surface area contributed by atoms with E-state index >= 15 is 0 Å². The Morgan fingerprint density at radius 3 is 2.24 bits per heavy atom. The first kappa shape index (κ1) is 18.3. The molecule has 1 aromatic rings. The summed E-state index contributed by atoms with van der Waals surface area (Å²) in [6.07, 6.45) is -2.36. The Labute approximate surface area is 150 Å². The lowest BCUT2D eigenvalue weighted by molar-refractivity contribution is -0.138. The van der Waals surface area contributed by atoms with Gasteiger partial charge in [0.25, 0.3) is 0 Å². The van der Waals surface area contributed by atoms with Crippen molar-refractivity contribution in [1.29, 1.82) is 0 Å². The maximum atomic E-state index is 13.5. The second-order valence-corrected chi connectivity index (χ2v) is 6.83. The van der Waals surface area contributed by atoms with Crippen molar-refractivity contribution in [1.82, 2.24) is 9.80 Å². The Hall–Kier alpha value is -1.47. The topological polar surface area (TPSA) is 26.8 Å². The highest BCUT2D eigenvalue weighted by Gasteiger charge is 2.36. The molecule has 3 rings (SSSR count). The number of nitrogens with zero attached hydrogens (tertiary/aromatic N) is 3. The highest BCUT2D eigenvalue weighted by Crippen LogP contribution is 2.38. The van der Waals surface area contributed by atoms with Crippen molar-refractivity contribution in [2.24, 2.45) is 0 Å². The van der Waals surface area contributed by atoms with Gasteiger partial charge in [0.1, 0.15) is 0 Å². The first-order valence-corrected chi connectivity index (χ1v) is 8.85. The first-order valence-electron chi connectivity index (χ1n) is 8.47. The van der Waals surface area contributed by atoms with E-state index in [0.29, 0.717) is 37.4 Å². The number of benzene rings is 1. The van der Waals surface area contributed by atoms with Crippen molar-refractivity contribution in [3.8, 4) is 0 Å². The van der Waals surface area contributed by atoms with Gasteiger partial charge in [-0.3, -0.25) is 9.69 Å². The molecular weight excluding hydrogens is 355 g/mol. The standard InChI is InChI=1S/C17H21ClF3N3O/c18-16(25)24-10-8-22(9-11-24)12-13-14(17(19,20)21)4-3-5-15(13)23-6-1-2-7-23/h3-5H,1-2,6-12H2. The number of anilines is 1. The molecular formula is C17H21ClF3N3O. The quantitative estimate of drug-likeness (QED) is 0.594. The molecule has 0 N–H and O–H groups in total. The molecule has 0 atom stereocenters. The van der Waals surface area contributed by atoms with Crippen LogP contribution >= 0.6 is 11.6 Å². The normalized spacial score (nSPS) is 19.5. The van der Waals surface area contributed by atoms with Crippen LogP contribution in [-0.4, -0.2) is 54.4 Å². The van der Waals surface area contributed by atoms with Gasteiger partial charge in [0.15, 0.2) is 0 Å². The molecule has 2 aliphatic rings. The molecule has 2 aliphatic heterocycles. The molecule has 2 saturated heterocycles. The molecule has 0 aliphatic carbocycles. The van der Waals surface area contributed by atoms with Gasteiger partial charge >= 0.3 is 11.5 Å². The fraction of sp³-hybridized carbons (Fsp3) is 0.588. The number of amides is 1. The van der Waals surface area contributed by atoms with Crippen LogP contribution in [0.2, 0.25) is 0 Å². The third kappa shape index (κ3) is 4.20. The minimum Gasteiger partial charge on any atom is -0.371 e. The van der Waals surface area contributed by atoms with Crippen LogP contribution in [0.25, 0.3) is 0 Å². The van der Waals surface area contributed by atoms with Crippen LogP contribution in [0.4, 0.5) is 23.7 Å². The van der Waals surface area contributed by atoms with Crippen LogP contribution in [-0.2, 0) is 12.7 Å². The van der Waals surface area contributed by atoms with E-state index in [9.17, 15) is 18.0 Å². The third-order valence-corrected chi connectivity index (χ3v) is 5.15. The lowest BCUT2D eigenvalue weighted by atomic mass is 10.0. The number of halogens is 4. The summed E-state index contributed by atoms with van der Waals surface area (Å²) < 4.78 is 40.6. The van der Waals surface area contributed by atoms with Gasteiger partial charge in [0.2, 0.25) is 0 Å². The van der Waals surface area contributed by atoms with Gasteiger partial charge < -0.3 is 9.80 Å². The fourth-order valence-electron chi connectivity index (χ4n) is 3.57. The zero-order valence-corrected chi connectivity index (χ0v) is 14.6. The van der Waals surface area contributed by atoms with Gasteiger partial charge in [-0.25, -0.2) is 0 Å². The van der Waals surface area contributed by atoms with Crippen molar-refractivity contribution >= 4 is 22.7 Å². The molecule has 0 saturated carbocycles. The molecule has 0 unspecified atom stereocenters. The predicted octanol–water partition coefficient (Wildman–Crippen LogP) is 3.78. The van der Waals surface area contributed by atoms with Crippen molar-refractivity contribution in [2.75, 3.05) is 44.2 Å². The second-order valence-electron chi connectivity index (χ2n) is 6.51. The smallest absolute Gasteiger partial charge is 0.371 e. The molecule has 1 aromatic carbocycles. The Morgan fingerprint density at radius 2 is 1.68 bits per heavy atom. The Morgan fingerprint density at radius 1 is 1.04 bits per heavy atom. The molecule has 0 radical (unpaired) electrons. The minimum atomic E-state index is -4.38. The van der Waals surface area contributed by atoms with Crippen molar-refractivity contribution in [3.63, 3.8) is 0 Å². The van der Waals surface area contributed by atoms with E-state index in [2.05, 4.69) is 0 Å². The highest BCUT2D eigenvalue weighted by molar-refractivity contribution is 6.62. The summed E-state index contributed by atoms with van der Waals surface area (Å²) in [5.41, 5.74) is 0.457. The summed E-state index contributed by atoms with van der Waals surface area (Å²) >= 11 is 5.47. The van der Waals surface area contributed by atoms with Crippen molar-refractivity contribution < 1.29 is 18.0 Å². The van der Waals surface area contributed by atoms with Crippen LogP contribution < -0.4 is 4.90 Å². The number of rotatable bonds is 3. The molecule has 2 heterocycles. The Bertz CT molecular complexity index is 624. The SMILES string of the molecule is O=C(Cl)N1CCN(Cc2c(N3CCCC3)cccc2C(F)(F)F)CC1. The van der Waals surface area contributed by atoms with Gasteiger partial charge in [-0.15, -0.1) is 0 Å². The van der Waals surface area contributed by atoms with E-state index in [4.69, 9.17) is 11.6 Å². The molecule has 1 amide bonds. The monoisotopic (exact) mass is 375 g/mol. The average molecular weight is 376 g/mol. The lowest BCUT2D eigenvalue weighted by Gasteiger charge is -2.35. The second kappa shape index (κ2) is 7.41. The molecule has 4 nitrogen and oxygen atoms in total. The van der Waals surface area contributed by atoms with E-state index in [0.717, 1.165) is 32.0 Å². The zero-order valence-electron chi connectivity index (χ0n) is 13.9. The highest BCUT2D eigenvalue weighted by atomic mass is 35.5.